The summed E-state index contributed by atoms with van der Waals surface area (Å²) in [6, 6.07) is 5.23. The number of rotatable bonds is 6. The Morgan fingerprint density at radius 1 is 1.33 bits per heavy atom. The van der Waals surface area contributed by atoms with Gasteiger partial charge in [0.15, 0.2) is 0 Å². The molecule has 1 N–H and O–H groups in total. The molecule has 1 aromatic carbocycles. The van der Waals surface area contributed by atoms with Crippen molar-refractivity contribution in [3.05, 3.63) is 42.0 Å². The topological polar surface area (TPSA) is 89.9 Å². The van der Waals surface area contributed by atoms with Gasteiger partial charge in [0, 0.05) is 13.8 Å². The van der Waals surface area contributed by atoms with E-state index in [2.05, 4.69) is 6.58 Å². The largest absolute Gasteiger partial charge is 0.430 e. The SMILES string of the molecule is C=C(C)COC(C)(C)OC(=O)c1ccccc1S(=O)(=O)O. The summed E-state index contributed by atoms with van der Waals surface area (Å²) in [5.41, 5.74) is 0.490. The molecule has 1 aromatic rings. The van der Waals surface area contributed by atoms with Gasteiger partial charge in [-0.25, -0.2) is 4.79 Å². The lowest BCUT2D eigenvalue weighted by Gasteiger charge is -2.25. The van der Waals surface area contributed by atoms with Crippen molar-refractivity contribution in [1.82, 2.24) is 0 Å². The first-order valence-corrected chi connectivity index (χ1v) is 7.55. The van der Waals surface area contributed by atoms with Crippen LogP contribution in [-0.2, 0) is 19.6 Å². The normalized spacial score (nSPS) is 12.0. The molecule has 6 nitrogen and oxygen atoms in total. The van der Waals surface area contributed by atoms with E-state index < -0.39 is 26.8 Å². The van der Waals surface area contributed by atoms with E-state index in [1.165, 1.54) is 32.0 Å². The van der Waals surface area contributed by atoms with Crippen LogP contribution in [-0.4, -0.2) is 31.3 Å². The Kier molecular flexibility index (Phi) is 5.27. The van der Waals surface area contributed by atoms with Gasteiger partial charge >= 0.3 is 5.97 Å². The Balaban J connectivity index is 2.98. The zero-order valence-electron chi connectivity index (χ0n) is 12.1. The minimum Gasteiger partial charge on any atom is -0.430 e. The molecule has 0 radical (unpaired) electrons. The molecule has 0 aromatic heterocycles. The van der Waals surface area contributed by atoms with Crippen LogP contribution in [0.15, 0.2) is 41.3 Å². The average molecular weight is 314 g/mol. The molecule has 0 saturated carbocycles. The molecule has 0 unspecified atom stereocenters. The minimum absolute atomic E-state index is 0.195. The molecule has 0 aliphatic heterocycles. The van der Waals surface area contributed by atoms with Crippen LogP contribution in [0.5, 0.6) is 0 Å². The molecule has 0 bridgehead atoms. The molecule has 116 valence electrons. The van der Waals surface area contributed by atoms with Gasteiger partial charge in [-0.1, -0.05) is 24.3 Å². The van der Waals surface area contributed by atoms with E-state index in [0.717, 1.165) is 11.6 Å². The van der Waals surface area contributed by atoms with E-state index in [-0.39, 0.29) is 12.2 Å². The number of ether oxygens (including phenoxy) is 2. The molecule has 7 heteroatoms. The summed E-state index contributed by atoms with van der Waals surface area (Å²) in [6.45, 7) is 8.65. The smallest absolute Gasteiger partial charge is 0.342 e. The summed E-state index contributed by atoms with van der Waals surface area (Å²) in [4.78, 5) is 11.6. The van der Waals surface area contributed by atoms with E-state index >= 15 is 0 Å². The van der Waals surface area contributed by atoms with E-state index in [1.54, 1.807) is 6.92 Å². The quantitative estimate of drug-likeness (QED) is 0.375. The van der Waals surface area contributed by atoms with Crippen molar-refractivity contribution in [2.24, 2.45) is 0 Å². The van der Waals surface area contributed by atoms with Crippen molar-refractivity contribution >= 4 is 16.1 Å². The molecule has 0 fully saturated rings. The second-order valence-electron chi connectivity index (χ2n) is 5.01. The Hall–Kier alpha value is -1.70. The standard InChI is InChI=1S/C14H18O6S/c1-10(2)9-19-14(3,4)20-13(15)11-7-5-6-8-12(11)21(16,17)18/h5-8H,1,9H2,2-4H3,(H,16,17,18). The minimum atomic E-state index is -4.52. The maximum Gasteiger partial charge on any atom is 0.342 e. The van der Waals surface area contributed by atoms with Crippen LogP contribution in [0.2, 0.25) is 0 Å². The fraction of sp³-hybridized carbons (Fsp3) is 0.357. The molecule has 0 saturated heterocycles. The molecule has 21 heavy (non-hydrogen) atoms. The van der Waals surface area contributed by atoms with Gasteiger partial charge in [-0.05, 0) is 19.1 Å². The third kappa shape index (κ3) is 5.30. The summed E-state index contributed by atoms with van der Waals surface area (Å²) < 4.78 is 42.1. The zero-order chi connectivity index (χ0) is 16.3. The van der Waals surface area contributed by atoms with Gasteiger partial charge in [0.25, 0.3) is 10.1 Å². The summed E-state index contributed by atoms with van der Waals surface area (Å²) in [5.74, 6) is -2.17. The number of benzene rings is 1. The lowest BCUT2D eigenvalue weighted by Crippen LogP contribution is -2.32. The van der Waals surface area contributed by atoms with Crippen LogP contribution >= 0.6 is 0 Å². The van der Waals surface area contributed by atoms with Crippen LogP contribution in [0.25, 0.3) is 0 Å². The predicted molar refractivity (Wildman–Crippen MR) is 76.5 cm³/mol. The summed E-state index contributed by atoms with van der Waals surface area (Å²) in [6.07, 6.45) is 0. The molecular formula is C14H18O6S. The molecule has 0 heterocycles. The van der Waals surface area contributed by atoms with Gasteiger partial charge in [0.1, 0.15) is 4.90 Å². The average Bonchev–Trinajstić information content (AvgIpc) is 2.35. The van der Waals surface area contributed by atoms with Crippen LogP contribution in [0.1, 0.15) is 31.1 Å². The molecule has 0 atom stereocenters. The second kappa shape index (κ2) is 6.38. The summed E-state index contributed by atoms with van der Waals surface area (Å²) in [5, 5.41) is 0. The molecule has 1 rings (SSSR count). The van der Waals surface area contributed by atoms with E-state index in [1.807, 2.05) is 0 Å². The predicted octanol–water partition coefficient (Wildman–Crippen LogP) is 2.42. The van der Waals surface area contributed by atoms with Crippen LogP contribution in [0, 0.1) is 0 Å². The van der Waals surface area contributed by atoms with Crippen LogP contribution in [0.3, 0.4) is 0 Å². The third-order valence-corrected chi connectivity index (χ3v) is 3.30. The third-order valence-electron chi connectivity index (χ3n) is 2.39. The van der Waals surface area contributed by atoms with Gasteiger partial charge in [0.05, 0.1) is 12.2 Å². The highest BCUT2D eigenvalue weighted by atomic mass is 32.2. The Morgan fingerprint density at radius 2 is 1.90 bits per heavy atom. The zero-order valence-corrected chi connectivity index (χ0v) is 12.9. The highest BCUT2D eigenvalue weighted by molar-refractivity contribution is 7.86. The summed E-state index contributed by atoms with van der Waals surface area (Å²) in [7, 11) is -4.52. The number of hydrogen-bond donors (Lipinski definition) is 1. The highest BCUT2D eigenvalue weighted by Gasteiger charge is 2.28. The number of hydrogen-bond acceptors (Lipinski definition) is 5. The van der Waals surface area contributed by atoms with Gasteiger partial charge < -0.3 is 9.47 Å². The van der Waals surface area contributed by atoms with Crippen molar-refractivity contribution in [2.45, 2.75) is 31.5 Å². The number of carbonyl (C=O) groups excluding carboxylic acids is 1. The second-order valence-corrected chi connectivity index (χ2v) is 6.40. The maximum atomic E-state index is 12.1. The Bertz CT molecular complexity index is 645. The lowest BCUT2D eigenvalue weighted by molar-refractivity contribution is -0.173. The van der Waals surface area contributed by atoms with E-state index in [0.29, 0.717) is 0 Å². The van der Waals surface area contributed by atoms with Crippen molar-refractivity contribution < 1.29 is 27.2 Å². The molecule has 0 aliphatic rings. The van der Waals surface area contributed by atoms with Gasteiger partial charge in [-0.15, -0.1) is 0 Å². The van der Waals surface area contributed by atoms with E-state index in [4.69, 9.17) is 14.0 Å². The Morgan fingerprint density at radius 3 is 2.43 bits per heavy atom. The van der Waals surface area contributed by atoms with Gasteiger partial charge in [0.2, 0.25) is 5.79 Å². The first kappa shape index (κ1) is 17.4. The molecule has 0 aliphatic carbocycles. The fourth-order valence-corrected chi connectivity index (χ4v) is 2.14. The molecule has 0 amide bonds. The first-order chi connectivity index (χ1) is 9.53. The summed E-state index contributed by atoms with van der Waals surface area (Å²) >= 11 is 0. The highest BCUT2D eigenvalue weighted by Crippen LogP contribution is 2.20. The lowest BCUT2D eigenvalue weighted by atomic mass is 10.2. The monoisotopic (exact) mass is 314 g/mol. The number of esters is 1. The van der Waals surface area contributed by atoms with Gasteiger partial charge in [-0.2, -0.15) is 8.42 Å². The molecule has 0 spiro atoms. The van der Waals surface area contributed by atoms with Crippen molar-refractivity contribution in [2.75, 3.05) is 6.61 Å². The molecular weight excluding hydrogens is 296 g/mol. The maximum absolute atomic E-state index is 12.1. The van der Waals surface area contributed by atoms with Crippen LogP contribution < -0.4 is 0 Å². The first-order valence-electron chi connectivity index (χ1n) is 6.11. The Labute approximate surface area is 124 Å². The van der Waals surface area contributed by atoms with Crippen LogP contribution in [0.4, 0.5) is 0 Å². The fourth-order valence-electron chi connectivity index (χ4n) is 1.46. The van der Waals surface area contributed by atoms with Crippen molar-refractivity contribution in [3.8, 4) is 0 Å². The van der Waals surface area contributed by atoms with Crippen molar-refractivity contribution in [1.29, 1.82) is 0 Å². The van der Waals surface area contributed by atoms with E-state index in [9.17, 15) is 13.2 Å². The van der Waals surface area contributed by atoms with Crippen molar-refractivity contribution in [3.63, 3.8) is 0 Å². The van der Waals surface area contributed by atoms with Gasteiger partial charge in [-0.3, -0.25) is 4.55 Å². The number of carbonyl (C=O) groups is 1.